The molecule has 3 unspecified atom stereocenters. The van der Waals surface area contributed by atoms with E-state index in [1.807, 2.05) is 30.3 Å². The maximum absolute atomic E-state index is 12.9. The van der Waals surface area contributed by atoms with Crippen molar-refractivity contribution in [3.63, 3.8) is 0 Å². The summed E-state index contributed by atoms with van der Waals surface area (Å²) in [5.41, 5.74) is -0.0793. The quantitative estimate of drug-likeness (QED) is 0.0884. The molecular weight excluding hydrogens is 721 g/mol. The number of amides is 1. The molecule has 2 N–H and O–H groups in total. The van der Waals surface area contributed by atoms with Crippen LogP contribution in [0.15, 0.2) is 42.5 Å². The number of unbranched alkanes of at least 4 members (excludes halogenated alkanes) is 3. The molecule has 2 heterocycles. The van der Waals surface area contributed by atoms with Crippen LogP contribution in [-0.4, -0.2) is 84.7 Å². The fourth-order valence-electron chi connectivity index (χ4n) is 7.43. The number of ether oxygens (including phenoxy) is 4. The minimum atomic E-state index is -3.63. The van der Waals surface area contributed by atoms with Crippen LogP contribution < -0.4 is 9.18 Å². The van der Waals surface area contributed by atoms with E-state index in [0.717, 1.165) is 101 Å². The van der Waals surface area contributed by atoms with E-state index in [4.69, 9.17) is 18.9 Å². The number of sulfonamides is 1. The van der Waals surface area contributed by atoms with Crippen LogP contribution in [-0.2, 0) is 33.8 Å². The molecule has 3 aliphatic rings. The Hall–Kier alpha value is -1.30. The van der Waals surface area contributed by atoms with Gasteiger partial charge in [-0.3, -0.25) is 0 Å². The van der Waals surface area contributed by atoms with E-state index in [9.17, 15) is 18.3 Å². The number of nitrogens with one attached hydrogen (secondary N) is 1. The second-order valence-electron chi connectivity index (χ2n) is 15.1. The van der Waals surface area contributed by atoms with Crippen molar-refractivity contribution >= 4 is 35.3 Å². The van der Waals surface area contributed by atoms with E-state index in [1.165, 1.54) is 0 Å². The molecule has 0 spiro atoms. The zero-order valence-electron chi connectivity index (χ0n) is 30.8. The second-order valence-corrected chi connectivity index (χ2v) is 19.6. The van der Waals surface area contributed by atoms with Crippen molar-refractivity contribution in [3.05, 3.63) is 42.5 Å². The number of carbonyl (C=O) groups is 1. The van der Waals surface area contributed by atoms with Gasteiger partial charge in [0.25, 0.3) is 0 Å². The summed E-state index contributed by atoms with van der Waals surface area (Å²) in [7, 11) is -3.63. The Morgan fingerprint density at radius 1 is 1.04 bits per heavy atom. The number of hydrogen-bond donors (Lipinski definition) is 2. The molecule has 11 heteroatoms. The van der Waals surface area contributed by atoms with Crippen molar-refractivity contribution in [3.8, 4) is 0 Å². The van der Waals surface area contributed by atoms with Crippen molar-refractivity contribution in [2.75, 3.05) is 19.5 Å². The van der Waals surface area contributed by atoms with E-state index >= 15 is 0 Å². The number of carbonyl (C=O) groups excluding carboxylic acids is 1. The van der Waals surface area contributed by atoms with Gasteiger partial charge in [-0.2, -0.15) is 0 Å². The van der Waals surface area contributed by atoms with E-state index < -0.39 is 22.0 Å². The third-order valence-electron chi connectivity index (χ3n) is 10.3. The van der Waals surface area contributed by atoms with Crippen LogP contribution >= 0.6 is 0 Å². The van der Waals surface area contributed by atoms with E-state index in [2.05, 4.69) is 37.6 Å². The molecule has 4 rings (SSSR count). The summed E-state index contributed by atoms with van der Waals surface area (Å²) in [5, 5.41) is 11.4. The van der Waals surface area contributed by atoms with Crippen LogP contribution in [0.5, 0.6) is 0 Å². The molecule has 2 aliphatic heterocycles. The first-order valence-electron chi connectivity index (χ1n) is 19.1. The van der Waals surface area contributed by atoms with Gasteiger partial charge >= 0.3 is 213 Å². The molecule has 1 aromatic rings. The van der Waals surface area contributed by atoms with Gasteiger partial charge in [-0.05, 0) is 38.5 Å². The summed E-state index contributed by atoms with van der Waals surface area (Å²) in [6.07, 6.45) is 18.4. The molecule has 284 valence electrons. The van der Waals surface area contributed by atoms with Gasteiger partial charge in [0.1, 0.15) is 0 Å². The third kappa shape index (κ3) is 13.9. The predicted octanol–water partition coefficient (Wildman–Crippen LogP) is 6.42. The van der Waals surface area contributed by atoms with Gasteiger partial charge in [0, 0.05) is 13.2 Å². The van der Waals surface area contributed by atoms with E-state index in [0.29, 0.717) is 19.4 Å². The van der Waals surface area contributed by atoms with Gasteiger partial charge in [0.2, 0.25) is 0 Å². The van der Waals surface area contributed by atoms with Crippen molar-refractivity contribution in [2.24, 2.45) is 17.3 Å². The average molecular weight is 785 g/mol. The molecule has 3 fully saturated rings. The summed E-state index contributed by atoms with van der Waals surface area (Å²) in [5.74, 6) is -0.372. The number of aliphatic hydroxyl groups is 1. The van der Waals surface area contributed by atoms with Crippen LogP contribution in [0, 0.1) is 17.3 Å². The number of rotatable bonds is 20. The molecule has 2 saturated heterocycles. The van der Waals surface area contributed by atoms with Gasteiger partial charge in [-0.15, -0.1) is 0 Å². The van der Waals surface area contributed by atoms with Gasteiger partial charge < -0.3 is 4.74 Å². The Morgan fingerprint density at radius 3 is 2.38 bits per heavy atom. The fraction of sp³-hybridized carbons (Fsp3) is 0.769. The Labute approximate surface area is 308 Å². The van der Waals surface area contributed by atoms with Crippen LogP contribution in [0.4, 0.5) is 0 Å². The summed E-state index contributed by atoms with van der Waals surface area (Å²) < 4.78 is 52.2. The molecule has 0 aromatic heterocycles. The summed E-state index contributed by atoms with van der Waals surface area (Å²) in [4.78, 5) is 12.6. The predicted molar refractivity (Wildman–Crippen MR) is 199 cm³/mol. The Balaban J connectivity index is 1.43. The zero-order chi connectivity index (χ0) is 36.0. The average Bonchev–Trinajstić information content (AvgIpc) is 3.38. The molecule has 0 bridgehead atoms. The van der Waals surface area contributed by atoms with Crippen LogP contribution in [0.3, 0.4) is 0 Å². The van der Waals surface area contributed by atoms with E-state index in [-0.39, 0.29) is 61.8 Å². The van der Waals surface area contributed by atoms with Crippen LogP contribution in [0.1, 0.15) is 117 Å². The minimum Gasteiger partial charge on any atom is -0.353 e. The standard InChI is InChI=1S/C39H63NO8SSe/c1-5-6-25-39(2,3)35(48-37-22-14-16-27-46-37)24-23-31-30(32(41)28-33(31)47-36-21-13-15-26-45-36)19-11-8-12-20-34(38(42)40-49(4,43)44)50-29-17-9-7-10-18-29/h7,9-10,17-18,23-24,30-37,41H,5-6,8,11-16,19-22,25-28H2,1-4H3,(H,40,42)/b24-23+/t30-,31-,32+,33-,34?,35-,36?,37?/m1/s1. The SMILES string of the molecule is CCCCC(C)(C)[C@@H](/C=C/[C@@H]1[C@@H](CCCCCC([Se]c2ccccc2)C(=O)NS(C)(=O)=O)[C@@H](O)C[C@H]1OC1CCCCO1)OC1CCCCO1. The van der Waals surface area contributed by atoms with Crippen LogP contribution in [0.2, 0.25) is 4.82 Å². The molecule has 1 aromatic carbocycles. The summed E-state index contributed by atoms with van der Waals surface area (Å²) in [6.45, 7) is 8.24. The molecule has 1 aliphatic carbocycles. The molecule has 50 heavy (non-hydrogen) atoms. The normalized spacial score (nSPS) is 27.7. The number of benzene rings is 1. The molecular formula is C39H63NO8SSe. The van der Waals surface area contributed by atoms with Crippen molar-refractivity contribution < 1.29 is 37.3 Å². The maximum atomic E-state index is 12.9. The molecule has 0 radical (unpaired) electrons. The van der Waals surface area contributed by atoms with E-state index in [1.54, 1.807) is 0 Å². The van der Waals surface area contributed by atoms with Gasteiger partial charge in [-0.1, -0.05) is 33.6 Å². The minimum absolute atomic E-state index is 0.0191. The number of aliphatic hydroxyl groups excluding tert-OH is 1. The Morgan fingerprint density at radius 2 is 1.74 bits per heavy atom. The molecule has 1 saturated carbocycles. The smallest absolute Gasteiger partial charge is 0.353 e. The van der Waals surface area contributed by atoms with Gasteiger partial charge in [0.15, 0.2) is 6.29 Å². The first-order valence-corrected chi connectivity index (χ1v) is 22.8. The van der Waals surface area contributed by atoms with Crippen LogP contribution in [0.25, 0.3) is 0 Å². The third-order valence-corrected chi connectivity index (χ3v) is 13.6. The van der Waals surface area contributed by atoms with Crippen molar-refractivity contribution in [1.82, 2.24) is 4.72 Å². The summed E-state index contributed by atoms with van der Waals surface area (Å²) in [6, 6.07) is 9.82. The van der Waals surface area contributed by atoms with Crippen molar-refractivity contribution in [1.29, 1.82) is 0 Å². The van der Waals surface area contributed by atoms with Crippen molar-refractivity contribution in [2.45, 2.75) is 153 Å². The van der Waals surface area contributed by atoms with Gasteiger partial charge in [-0.25, -0.2) is 0 Å². The topological polar surface area (TPSA) is 120 Å². The molecule has 8 atom stereocenters. The number of hydrogen-bond acceptors (Lipinski definition) is 8. The fourth-order valence-corrected chi connectivity index (χ4v) is 10.4. The Kier molecular flexibility index (Phi) is 17.3. The molecule has 1 amide bonds. The van der Waals surface area contributed by atoms with Gasteiger partial charge in [0.05, 0.1) is 0 Å². The summed E-state index contributed by atoms with van der Waals surface area (Å²) >= 11 is -0.189. The molecule has 9 nitrogen and oxygen atoms in total. The monoisotopic (exact) mass is 785 g/mol. The second kappa shape index (κ2) is 20.8. The first-order chi connectivity index (χ1) is 23.9. The zero-order valence-corrected chi connectivity index (χ0v) is 33.3. The Bertz CT molecular complexity index is 1270. The first kappa shape index (κ1) is 41.5.